The van der Waals surface area contributed by atoms with E-state index in [1.54, 1.807) is 12.3 Å². The molecule has 1 amide bonds. The van der Waals surface area contributed by atoms with Gasteiger partial charge in [-0.1, -0.05) is 55.1 Å². The molecule has 0 aliphatic rings. The summed E-state index contributed by atoms with van der Waals surface area (Å²) >= 11 is 1.13. The van der Waals surface area contributed by atoms with Gasteiger partial charge in [-0.15, -0.1) is 5.73 Å². The van der Waals surface area contributed by atoms with Crippen LogP contribution in [0.1, 0.15) is 48.3 Å². The van der Waals surface area contributed by atoms with Crippen molar-refractivity contribution < 1.29 is 4.79 Å². The molecule has 0 fully saturated rings. The Balaban J connectivity index is 2.59. The quantitative estimate of drug-likeness (QED) is 0.390. The first-order valence-electron chi connectivity index (χ1n) is 10.8. The van der Waals surface area contributed by atoms with Crippen LogP contribution in [0.2, 0.25) is 0 Å². The number of anilines is 1. The van der Waals surface area contributed by atoms with Crippen molar-refractivity contribution in [1.82, 2.24) is 10.3 Å². The van der Waals surface area contributed by atoms with Crippen molar-refractivity contribution in [3.05, 3.63) is 82.4 Å². The summed E-state index contributed by atoms with van der Waals surface area (Å²) in [6.07, 6.45) is 5.89. The number of amides is 1. The van der Waals surface area contributed by atoms with E-state index < -0.39 is 11.2 Å². The smallest absolute Gasteiger partial charge is 0.235 e. The minimum absolute atomic E-state index is 0.295. The Morgan fingerprint density at radius 1 is 1.24 bits per heavy atom. The number of thioether (sulfide) groups is 1. The molecule has 0 radical (unpaired) electrons. The number of benzene rings is 1. The van der Waals surface area contributed by atoms with Crippen LogP contribution in [0.25, 0.3) is 0 Å². The number of hydrogen-bond acceptors (Lipinski definition) is 7. The van der Waals surface area contributed by atoms with Gasteiger partial charge in [-0.05, 0) is 37.5 Å². The first kappa shape index (κ1) is 26.3. The number of pyridine rings is 1. The second-order valence-electron chi connectivity index (χ2n) is 7.27. The van der Waals surface area contributed by atoms with Gasteiger partial charge in [0.1, 0.15) is 28.2 Å². The van der Waals surface area contributed by atoms with Crippen molar-refractivity contribution in [2.24, 2.45) is 5.73 Å². The molecule has 1 heterocycles. The van der Waals surface area contributed by atoms with Crippen LogP contribution in [-0.2, 0) is 11.2 Å². The largest absolute Gasteiger partial charge is 0.368 e. The van der Waals surface area contributed by atoms with E-state index in [2.05, 4.69) is 23.2 Å². The maximum atomic E-state index is 12.3. The second-order valence-corrected chi connectivity index (χ2v) is 8.37. The van der Waals surface area contributed by atoms with Gasteiger partial charge in [-0.3, -0.25) is 4.79 Å². The lowest BCUT2D eigenvalue weighted by Gasteiger charge is -2.24. The van der Waals surface area contributed by atoms with Gasteiger partial charge in [0.05, 0.1) is 17.7 Å². The van der Waals surface area contributed by atoms with Crippen LogP contribution in [0.4, 0.5) is 5.82 Å². The van der Waals surface area contributed by atoms with Crippen LogP contribution in [0.3, 0.4) is 0 Å². The fourth-order valence-electron chi connectivity index (χ4n) is 3.34. The molecule has 3 N–H and O–H groups in total. The minimum Gasteiger partial charge on any atom is -0.368 e. The molecule has 1 aromatic heterocycles. The van der Waals surface area contributed by atoms with Crippen molar-refractivity contribution in [2.75, 3.05) is 18.5 Å². The van der Waals surface area contributed by atoms with Gasteiger partial charge < -0.3 is 16.0 Å². The molecule has 0 saturated heterocycles. The van der Waals surface area contributed by atoms with E-state index in [-0.39, 0.29) is 0 Å². The number of carbonyl (C=O) groups is 1. The molecule has 0 bridgehead atoms. The lowest BCUT2D eigenvalue weighted by atomic mass is 10.0. The Kier molecular flexibility index (Phi) is 9.98. The number of rotatable bonds is 10. The summed E-state index contributed by atoms with van der Waals surface area (Å²) in [6, 6.07) is 13.6. The number of hydrogen-bond donors (Lipinski definition) is 2. The van der Waals surface area contributed by atoms with E-state index in [9.17, 15) is 15.3 Å². The third kappa shape index (κ3) is 6.30. The maximum Gasteiger partial charge on any atom is 0.235 e. The molecule has 1 aromatic carbocycles. The highest BCUT2D eigenvalue weighted by Crippen LogP contribution is 2.39. The van der Waals surface area contributed by atoms with E-state index in [1.165, 1.54) is 0 Å². The first-order chi connectivity index (χ1) is 16.4. The molecule has 34 heavy (non-hydrogen) atoms. The van der Waals surface area contributed by atoms with E-state index in [0.717, 1.165) is 23.0 Å². The number of nitriles is 2. The topological polar surface area (TPSA) is 119 Å². The Hall–Kier alpha value is -3.97. The van der Waals surface area contributed by atoms with Gasteiger partial charge in [0.15, 0.2) is 0 Å². The molecular weight excluding hydrogens is 444 g/mol. The standard InChI is InChI=1S/C26H28N6OS/c1-5-8-14-30-19(6-2)17-32(4)25-21(15-27)20(7-3)22(16-28)26(31-25)34-23(24(29)33)18-12-10-9-11-13-18/h5-6,9-14,23,30H,7,17H2,1-4H3,(H2,29,33)/b19-6-. The summed E-state index contributed by atoms with van der Waals surface area (Å²) in [5.41, 5.74) is 11.5. The van der Waals surface area contributed by atoms with Crippen LogP contribution in [0.5, 0.6) is 0 Å². The number of nitrogens with zero attached hydrogens (tertiary/aromatic N) is 4. The average Bonchev–Trinajstić information content (AvgIpc) is 2.85. The summed E-state index contributed by atoms with van der Waals surface area (Å²) < 4.78 is 0. The molecule has 2 aromatic rings. The molecule has 0 aliphatic carbocycles. The number of nitrogens with two attached hydrogens (primary N) is 1. The van der Waals surface area contributed by atoms with Crippen molar-refractivity contribution >= 4 is 23.5 Å². The third-order valence-electron chi connectivity index (χ3n) is 5.04. The highest BCUT2D eigenvalue weighted by Gasteiger charge is 2.26. The highest BCUT2D eigenvalue weighted by molar-refractivity contribution is 8.00. The molecule has 174 valence electrons. The van der Waals surface area contributed by atoms with E-state index in [0.29, 0.717) is 40.5 Å². The Bertz CT molecular complexity index is 1200. The highest BCUT2D eigenvalue weighted by atomic mass is 32.2. The number of likely N-dealkylation sites (N-methyl/N-ethyl adjacent to an activating group) is 1. The normalized spacial score (nSPS) is 11.4. The monoisotopic (exact) mass is 472 g/mol. The average molecular weight is 473 g/mol. The van der Waals surface area contributed by atoms with Gasteiger partial charge in [0.25, 0.3) is 0 Å². The molecule has 2 rings (SSSR count). The number of allylic oxidation sites excluding steroid dienone is 2. The molecule has 1 atom stereocenters. The van der Waals surface area contributed by atoms with Gasteiger partial charge in [0, 0.05) is 18.9 Å². The van der Waals surface area contributed by atoms with E-state index in [4.69, 9.17) is 10.7 Å². The molecule has 7 nitrogen and oxygen atoms in total. The lowest BCUT2D eigenvalue weighted by molar-refractivity contribution is -0.117. The summed E-state index contributed by atoms with van der Waals surface area (Å²) in [6.45, 7) is 6.11. The first-order valence-corrected chi connectivity index (χ1v) is 11.7. The Morgan fingerprint density at radius 2 is 1.91 bits per heavy atom. The van der Waals surface area contributed by atoms with E-state index >= 15 is 0 Å². The zero-order valence-electron chi connectivity index (χ0n) is 19.8. The maximum absolute atomic E-state index is 12.3. The summed E-state index contributed by atoms with van der Waals surface area (Å²) in [5, 5.41) is 22.7. The molecular formula is C26H28N6OS. The summed E-state index contributed by atoms with van der Waals surface area (Å²) in [7, 11) is 1.83. The molecule has 0 saturated carbocycles. The Labute approximate surface area is 205 Å². The second kappa shape index (κ2) is 12.9. The molecule has 8 heteroatoms. The molecule has 0 spiro atoms. The number of carbonyl (C=O) groups excluding carboxylic acids is 1. The number of primary amides is 1. The third-order valence-corrected chi connectivity index (χ3v) is 6.30. The predicted molar refractivity (Wildman–Crippen MR) is 136 cm³/mol. The van der Waals surface area contributed by atoms with Crippen LogP contribution in [0, 0.1) is 22.7 Å². The van der Waals surface area contributed by atoms with Gasteiger partial charge in [-0.25, -0.2) is 4.98 Å². The summed E-state index contributed by atoms with van der Waals surface area (Å²) in [4.78, 5) is 18.9. The van der Waals surface area contributed by atoms with Crippen molar-refractivity contribution in [1.29, 1.82) is 10.5 Å². The van der Waals surface area contributed by atoms with Gasteiger partial charge >= 0.3 is 0 Å². The van der Waals surface area contributed by atoms with Crippen molar-refractivity contribution in [3.8, 4) is 12.1 Å². The van der Waals surface area contributed by atoms with Crippen LogP contribution >= 0.6 is 11.8 Å². The van der Waals surface area contributed by atoms with Gasteiger partial charge in [-0.2, -0.15) is 10.5 Å². The molecule has 1 unspecified atom stereocenters. The lowest BCUT2D eigenvalue weighted by Crippen LogP contribution is -2.27. The molecule has 0 aliphatic heterocycles. The number of aromatic nitrogens is 1. The zero-order valence-corrected chi connectivity index (χ0v) is 20.6. The van der Waals surface area contributed by atoms with Gasteiger partial charge in [0.2, 0.25) is 5.91 Å². The van der Waals surface area contributed by atoms with Crippen LogP contribution in [-0.4, -0.2) is 24.5 Å². The van der Waals surface area contributed by atoms with Crippen LogP contribution < -0.4 is 16.0 Å². The zero-order chi connectivity index (χ0) is 25.1. The minimum atomic E-state index is -0.727. The predicted octanol–water partition coefficient (Wildman–Crippen LogP) is 4.32. The number of nitrogens with one attached hydrogen (secondary N) is 1. The Morgan fingerprint density at radius 3 is 2.44 bits per heavy atom. The SMILES string of the molecule is CC=C=CN/C(=C\C)CN(C)c1nc(SC(C(N)=O)c2ccccc2)c(C#N)c(CC)c1C#N. The summed E-state index contributed by atoms with van der Waals surface area (Å²) in [5.74, 6) is -0.0938. The van der Waals surface area contributed by atoms with E-state index in [1.807, 2.05) is 69.1 Å². The fraction of sp³-hybridized carbons (Fsp3) is 0.269. The fourth-order valence-corrected chi connectivity index (χ4v) is 4.40. The van der Waals surface area contributed by atoms with Crippen molar-refractivity contribution in [3.63, 3.8) is 0 Å². The van der Waals surface area contributed by atoms with Crippen LogP contribution in [0.15, 0.2) is 65.1 Å². The van der Waals surface area contributed by atoms with Crippen molar-refractivity contribution in [2.45, 2.75) is 37.5 Å².